The molecule has 34 heavy (non-hydrogen) atoms. The number of rotatable bonds is 6. The van der Waals surface area contributed by atoms with E-state index < -0.39 is 17.6 Å². The number of alkyl halides is 3. The SMILES string of the molecule is O=C(CNC(=O)c1cccc(C(F)(F)F)c1)NC1CN([C@H]2CC[C@@H](n3ccc(=O)cc3)CC2)C1. The molecular formula is C24H27F3N4O3. The van der Waals surface area contributed by atoms with Crippen LogP contribution in [0.1, 0.15) is 47.6 Å². The summed E-state index contributed by atoms with van der Waals surface area (Å²) in [4.78, 5) is 37.9. The van der Waals surface area contributed by atoms with Crippen molar-refractivity contribution in [1.82, 2.24) is 20.1 Å². The van der Waals surface area contributed by atoms with Crippen LogP contribution >= 0.6 is 0 Å². The lowest BCUT2D eigenvalue weighted by molar-refractivity contribution is -0.137. The summed E-state index contributed by atoms with van der Waals surface area (Å²) in [6.07, 6.45) is 3.30. The topological polar surface area (TPSA) is 83.4 Å². The summed E-state index contributed by atoms with van der Waals surface area (Å²) in [6.45, 7) is 1.18. The largest absolute Gasteiger partial charge is 0.416 e. The van der Waals surface area contributed by atoms with Gasteiger partial charge in [-0.1, -0.05) is 6.07 Å². The number of nitrogens with zero attached hydrogens (tertiary/aromatic N) is 2. The predicted octanol–water partition coefficient (Wildman–Crippen LogP) is 2.58. The zero-order valence-electron chi connectivity index (χ0n) is 18.6. The fourth-order valence-corrected chi connectivity index (χ4v) is 4.67. The second kappa shape index (κ2) is 10.0. The molecule has 1 aromatic carbocycles. The minimum absolute atomic E-state index is 0.00495. The molecule has 2 N–H and O–H groups in total. The maximum absolute atomic E-state index is 12.8. The summed E-state index contributed by atoms with van der Waals surface area (Å²) < 4.78 is 40.5. The molecule has 1 saturated carbocycles. The van der Waals surface area contributed by atoms with Crippen LogP contribution in [0.2, 0.25) is 0 Å². The van der Waals surface area contributed by atoms with Gasteiger partial charge < -0.3 is 15.2 Å². The number of carbonyl (C=O) groups is 2. The van der Waals surface area contributed by atoms with Crippen LogP contribution in [-0.2, 0) is 11.0 Å². The van der Waals surface area contributed by atoms with E-state index in [-0.39, 0.29) is 29.5 Å². The number of likely N-dealkylation sites (tertiary alicyclic amines) is 1. The first-order chi connectivity index (χ1) is 16.2. The Morgan fingerprint density at radius 1 is 0.971 bits per heavy atom. The first-order valence-corrected chi connectivity index (χ1v) is 11.4. The van der Waals surface area contributed by atoms with Gasteiger partial charge >= 0.3 is 6.18 Å². The molecule has 0 bridgehead atoms. The molecule has 7 nitrogen and oxygen atoms in total. The lowest BCUT2D eigenvalue weighted by Crippen LogP contribution is -2.63. The Balaban J connectivity index is 1.16. The molecule has 2 aromatic rings. The standard InChI is InChI=1S/C24H27F3N4O3/c25-24(26,27)17-3-1-2-16(12-17)23(34)28-13-22(33)29-18-14-31(15-18)20-6-4-19(5-7-20)30-10-8-21(32)9-11-30/h1-3,8-12,18-20H,4-7,13-15H2,(H,28,34)(H,29,33)/t19-,20+. The summed E-state index contributed by atoms with van der Waals surface area (Å²) in [6, 6.07) is 8.11. The van der Waals surface area contributed by atoms with Crippen molar-refractivity contribution >= 4 is 11.8 Å². The molecule has 0 atom stereocenters. The van der Waals surface area contributed by atoms with E-state index >= 15 is 0 Å². The van der Waals surface area contributed by atoms with E-state index in [0.717, 1.165) is 57.0 Å². The molecule has 182 valence electrons. The van der Waals surface area contributed by atoms with Crippen molar-refractivity contribution in [2.24, 2.45) is 0 Å². The number of carbonyl (C=O) groups excluding carboxylic acids is 2. The van der Waals surface area contributed by atoms with Crippen molar-refractivity contribution in [2.45, 2.75) is 50.0 Å². The van der Waals surface area contributed by atoms with E-state index in [9.17, 15) is 27.6 Å². The van der Waals surface area contributed by atoms with Crippen LogP contribution in [0, 0.1) is 0 Å². The highest BCUT2D eigenvalue weighted by atomic mass is 19.4. The van der Waals surface area contributed by atoms with Crippen LogP contribution in [0.25, 0.3) is 0 Å². The quantitative estimate of drug-likeness (QED) is 0.672. The highest BCUT2D eigenvalue weighted by molar-refractivity contribution is 5.96. The van der Waals surface area contributed by atoms with Gasteiger partial charge in [0.05, 0.1) is 18.2 Å². The molecule has 0 spiro atoms. The van der Waals surface area contributed by atoms with Crippen molar-refractivity contribution in [2.75, 3.05) is 19.6 Å². The Hall–Kier alpha value is -3.14. The summed E-state index contributed by atoms with van der Waals surface area (Å²) >= 11 is 0. The molecule has 1 aliphatic heterocycles. The summed E-state index contributed by atoms with van der Waals surface area (Å²) in [5.74, 6) is -1.09. The van der Waals surface area contributed by atoms with Gasteiger partial charge in [-0.25, -0.2) is 0 Å². The molecule has 2 heterocycles. The number of halogens is 3. The Labute approximate surface area is 194 Å². The molecule has 1 aliphatic carbocycles. The normalized spacial score (nSPS) is 21.5. The maximum Gasteiger partial charge on any atom is 0.416 e. The van der Waals surface area contributed by atoms with Crippen molar-refractivity contribution in [3.8, 4) is 0 Å². The number of nitrogens with one attached hydrogen (secondary N) is 2. The van der Waals surface area contributed by atoms with Gasteiger partial charge in [-0.15, -0.1) is 0 Å². The Morgan fingerprint density at radius 3 is 2.26 bits per heavy atom. The van der Waals surface area contributed by atoms with Crippen LogP contribution in [-0.4, -0.2) is 53.0 Å². The third kappa shape index (κ3) is 5.85. The van der Waals surface area contributed by atoms with E-state index in [0.29, 0.717) is 12.1 Å². The Kier molecular flexibility index (Phi) is 7.06. The zero-order chi connectivity index (χ0) is 24.3. The number of pyridine rings is 1. The number of hydrogen-bond acceptors (Lipinski definition) is 4. The van der Waals surface area contributed by atoms with Crippen molar-refractivity contribution < 1.29 is 22.8 Å². The lowest BCUT2D eigenvalue weighted by Gasteiger charge is -2.47. The predicted molar refractivity (Wildman–Crippen MR) is 119 cm³/mol. The molecule has 10 heteroatoms. The molecular weight excluding hydrogens is 449 g/mol. The highest BCUT2D eigenvalue weighted by Crippen LogP contribution is 2.32. The van der Waals surface area contributed by atoms with E-state index in [1.54, 1.807) is 12.1 Å². The minimum Gasteiger partial charge on any atom is -0.351 e. The van der Waals surface area contributed by atoms with Crippen molar-refractivity contribution in [1.29, 1.82) is 0 Å². The summed E-state index contributed by atoms with van der Waals surface area (Å²) in [5, 5.41) is 5.23. The van der Waals surface area contributed by atoms with Gasteiger partial charge in [-0.2, -0.15) is 13.2 Å². The fourth-order valence-electron chi connectivity index (χ4n) is 4.67. The number of hydrogen-bond donors (Lipinski definition) is 2. The number of aromatic nitrogens is 1. The lowest BCUT2D eigenvalue weighted by atomic mass is 9.88. The molecule has 0 unspecified atom stereocenters. The van der Waals surface area contributed by atoms with Gasteiger partial charge in [-0.05, 0) is 43.9 Å². The molecule has 1 saturated heterocycles. The van der Waals surface area contributed by atoms with Gasteiger partial charge in [0.15, 0.2) is 5.43 Å². The van der Waals surface area contributed by atoms with Crippen LogP contribution in [0.4, 0.5) is 13.2 Å². The Morgan fingerprint density at radius 2 is 1.62 bits per heavy atom. The van der Waals surface area contributed by atoms with E-state index in [1.165, 1.54) is 6.07 Å². The molecule has 2 aliphatic rings. The number of benzene rings is 1. The van der Waals surface area contributed by atoms with Gasteiger partial charge in [0.2, 0.25) is 5.91 Å². The molecule has 1 aromatic heterocycles. The van der Waals surface area contributed by atoms with Gasteiger partial charge in [0.1, 0.15) is 0 Å². The van der Waals surface area contributed by atoms with Gasteiger partial charge in [0, 0.05) is 55.3 Å². The van der Waals surface area contributed by atoms with E-state index in [2.05, 4.69) is 20.1 Å². The van der Waals surface area contributed by atoms with Crippen LogP contribution < -0.4 is 16.1 Å². The van der Waals surface area contributed by atoms with E-state index in [1.807, 2.05) is 12.4 Å². The molecule has 2 amide bonds. The van der Waals surface area contributed by atoms with Crippen molar-refractivity contribution in [3.63, 3.8) is 0 Å². The fraction of sp³-hybridized carbons (Fsp3) is 0.458. The number of amides is 2. The first-order valence-electron chi connectivity index (χ1n) is 11.4. The summed E-state index contributed by atoms with van der Waals surface area (Å²) in [5.41, 5.74) is -1.05. The van der Waals surface area contributed by atoms with Gasteiger partial charge in [-0.3, -0.25) is 19.3 Å². The molecule has 4 rings (SSSR count). The maximum atomic E-state index is 12.8. The van der Waals surface area contributed by atoms with Gasteiger partial charge in [0.25, 0.3) is 5.91 Å². The second-order valence-electron chi connectivity index (χ2n) is 8.92. The van der Waals surface area contributed by atoms with Crippen LogP contribution in [0.3, 0.4) is 0 Å². The first kappa shape index (κ1) is 24.0. The monoisotopic (exact) mass is 476 g/mol. The molecule has 2 fully saturated rings. The molecule has 0 radical (unpaired) electrons. The zero-order valence-corrected chi connectivity index (χ0v) is 18.6. The smallest absolute Gasteiger partial charge is 0.351 e. The average molecular weight is 476 g/mol. The highest BCUT2D eigenvalue weighted by Gasteiger charge is 2.35. The minimum atomic E-state index is -4.54. The van der Waals surface area contributed by atoms with Crippen LogP contribution in [0.5, 0.6) is 0 Å². The Bertz CT molecular complexity index is 1070. The third-order valence-corrected chi connectivity index (χ3v) is 6.56. The van der Waals surface area contributed by atoms with E-state index in [4.69, 9.17) is 0 Å². The average Bonchev–Trinajstić information content (AvgIpc) is 2.80. The van der Waals surface area contributed by atoms with Crippen LogP contribution in [0.15, 0.2) is 53.6 Å². The van der Waals surface area contributed by atoms with Crippen molar-refractivity contribution in [3.05, 3.63) is 70.1 Å². The summed E-state index contributed by atoms with van der Waals surface area (Å²) in [7, 11) is 0. The second-order valence-corrected chi connectivity index (χ2v) is 8.92. The third-order valence-electron chi connectivity index (χ3n) is 6.56.